The number of rotatable bonds is 4. The second-order valence-corrected chi connectivity index (χ2v) is 2.47. The van der Waals surface area contributed by atoms with E-state index in [0.29, 0.717) is 18.8 Å². The number of nitrogens with one attached hydrogen (secondary N) is 1. The van der Waals surface area contributed by atoms with E-state index in [9.17, 15) is 4.79 Å². The second-order valence-electron chi connectivity index (χ2n) is 2.47. The monoisotopic (exact) mass is 191 g/mol. The average Bonchev–Trinajstić information content (AvgIpc) is 2.19. The van der Waals surface area contributed by atoms with Gasteiger partial charge in [-0.3, -0.25) is 0 Å². The van der Waals surface area contributed by atoms with Crippen LogP contribution in [0.3, 0.4) is 0 Å². The third-order valence-electron chi connectivity index (χ3n) is 1.46. The molecule has 0 saturated heterocycles. The molecule has 0 aliphatic rings. The third kappa shape index (κ3) is 2.75. The summed E-state index contributed by atoms with van der Waals surface area (Å²) in [5.41, 5.74) is -0.0387. The first-order valence-electron chi connectivity index (χ1n) is 3.96. The van der Waals surface area contributed by atoms with Crippen molar-refractivity contribution in [1.82, 2.24) is 9.97 Å². The number of carboxylic acid groups (broad SMARTS) is 1. The zero-order valence-electron chi connectivity index (χ0n) is 7.40. The molecule has 0 atom stereocenters. The molecule has 5 heteroatoms. The number of carbonyl (C=O) groups is 1. The van der Waals surface area contributed by atoms with Crippen LogP contribution in [-0.4, -0.2) is 27.6 Å². The Morgan fingerprint density at radius 3 is 3.07 bits per heavy atom. The normalized spacial score (nSPS) is 9.07. The molecule has 1 aromatic rings. The van der Waals surface area contributed by atoms with Crippen LogP contribution in [0.25, 0.3) is 0 Å². The summed E-state index contributed by atoms with van der Waals surface area (Å²) in [4.78, 5) is 17.9. The predicted molar refractivity (Wildman–Crippen MR) is 50.9 cm³/mol. The maximum absolute atomic E-state index is 10.5. The number of terminal acetylenes is 1. The lowest BCUT2D eigenvalue weighted by Gasteiger charge is -2.02. The molecule has 0 spiro atoms. The fourth-order valence-electron chi connectivity index (χ4n) is 0.834. The maximum atomic E-state index is 10.5. The van der Waals surface area contributed by atoms with Gasteiger partial charge in [0.15, 0.2) is 5.69 Å². The molecule has 1 heterocycles. The highest BCUT2D eigenvalue weighted by atomic mass is 16.4. The van der Waals surface area contributed by atoms with Gasteiger partial charge in [-0.05, 0) is 0 Å². The molecule has 0 aliphatic heterocycles. The zero-order chi connectivity index (χ0) is 10.4. The number of hydrogen-bond acceptors (Lipinski definition) is 4. The lowest BCUT2D eigenvalue weighted by atomic mass is 10.4. The summed E-state index contributed by atoms with van der Waals surface area (Å²) < 4.78 is 0. The van der Waals surface area contributed by atoms with Crippen molar-refractivity contribution >= 4 is 11.8 Å². The number of anilines is 1. The van der Waals surface area contributed by atoms with Gasteiger partial charge in [-0.25, -0.2) is 14.8 Å². The van der Waals surface area contributed by atoms with Crippen molar-refractivity contribution in [1.29, 1.82) is 0 Å². The Balaban J connectivity index is 2.65. The maximum Gasteiger partial charge on any atom is 0.354 e. The zero-order valence-corrected chi connectivity index (χ0v) is 7.40. The first kappa shape index (κ1) is 9.99. The topological polar surface area (TPSA) is 75.1 Å². The summed E-state index contributed by atoms with van der Waals surface area (Å²) in [6, 6.07) is 1.36. The van der Waals surface area contributed by atoms with Crippen LogP contribution in [0.5, 0.6) is 0 Å². The standard InChI is InChI=1S/C9H9N3O2/c1-2-3-4-10-8-5-7(9(13)14)11-6-12-8/h1,5-6H,3-4H2,(H,13,14)(H,10,11,12). The van der Waals surface area contributed by atoms with Gasteiger partial charge in [0.1, 0.15) is 12.1 Å². The van der Waals surface area contributed by atoms with Crippen LogP contribution in [0.2, 0.25) is 0 Å². The molecular weight excluding hydrogens is 182 g/mol. The summed E-state index contributed by atoms with van der Waals surface area (Å²) >= 11 is 0. The first-order valence-corrected chi connectivity index (χ1v) is 3.96. The summed E-state index contributed by atoms with van der Waals surface area (Å²) in [6.07, 6.45) is 6.81. The van der Waals surface area contributed by atoms with Gasteiger partial charge in [-0.15, -0.1) is 12.3 Å². The van der Waals surface area contributed by atoms with E-state index >= 15 is 0 Å². The fraction of sp³-hybridized carbons (Fsp3) is 0.222. The first-order chi connectivity index (χ1) is 6.74. The summed E-state index contributed by atoms with van der Waals surface area (Å²) in [5, 5.41) is 11.5. The van der Waals surface area contributed by atoms with Crippen molar-refractivity contribution in [3.8, 4) is 12.3 Å². The van der Waals surface area contributed by atoms with Gasteiger partial charge in [-0.1, -0.05) is 0 Å². The van der Waals surface area contributed by atoms with Crippen LogP contribution in [-0.2, 0) is 0 Å². The molecule has 0 fully saturated rings. The van der Waals surface area contributed by atoms with Gasteiger partial charge in [0.25, 0.3) is 0 Å². The van der Waals surface area contributed by atoms with Gasteiger partial charge in [-0.2, -0.15) is 0 Å². The van der Waals surface area contributed by atoms with Crippen LogP contribution in [0.15, 0.2) is 12.4 Å². The molecule has 0 aromatic carbocycles. The van der Waals surface area contributed by atoms with Crippen molar-refractivity contribution in [3.05, 3.63) is 18.1 Å². The number of carboxylic acids is 1. The molecule has 0 aliphatic carbocycles. The molecule has 0 unspecified atom stereocenters. The van der Waals surface area contributed by atoms with Crippen molar-refractivity contribution in [2.45, 2.75) is 6.42 Å². The summed E-state index contributed by atoms with van der Waals surface area (Å²) in [5.74, 6) is 1.84. The van der Waals surface area contributed by atoms with Crippen molar-refractivity contribution in [2.24, 2.45) is 0 Å². The molecule has 2 N–H and O–H groups in total. The van der Waals surface area contributed by atoms with E-state index in [1.807, 2.05) is 0 Å². The van der Waals surface area contributed by atoms with Gasteiger partial charge in [0.05, 0.1) is 0 Å². The number of hydrogen-bond donors (Lipinski definition) is 2. The van der Waals surface area contributed by atoms with E-state index in [2.05, 4.69) is 21.2 Å². The van der Waals surface area contributed by atoms with Gasteiger partial charge >= 0.3 is 5.97 Å². The van der Waals surface area contributed by atoms with Crippen molar-refractivity contribution in [2.75, 3.05) is 11.9 Å². The van der Waals surface area contributed by atoms with Crippen LogP contribution in [0, 0.1) is 12.3 Å². The van der Waals surface area contributed by atoms with Gasteiger partial charge in [0, 0.05) is 19.0 Å². The van der Waals surface area contributed by atoms with E-state index in [-0.39, 0.29) is 5.69 Å². The Labute approximate surface area is 81.2 Å². The lowest BCUT2D eigenvalue weighted by Crippen LogP contribution is -2.06. The Kier molecular flexibility index (Phi) is 3.44. The van der Waals surface area contributed by atoms with E-state index in [4.69, 9.17) is 11.5 Å². The molecule has 72 valence electrons. The molecule has 0 amide bonds. The number of aromatic carboxylic acids is 1. The molecule has 0 bridgehead atoms. The van der Waals surface area contributed by atoms with Crippen molar-refractivity contribution < 1.29 is 9.90 Å². The minimum atomic E-state index is -1.08. The minimum absolute atomic E-state index is 0.0387. The highest BCUT2D eigenvalue weighted by molar-refractivity contribution is 5.85. The lowest BCUT2D eigenvalue weighted by molar-refractivity contribution is 0.0690. The SMILES string of the molecule is C#CCCNc1cc(C(=O)O)ncn1. The minimum Gasteiger partial charge on any atom is -0.477 e. The largest absolute Gasteiger partial charge is 0.477 e. The van der Waals surface area contributed by atoms with Crippen molar-refractivity contribution in [3.63, 3.8) is 0 Å². The Morgan fingerprint density at radius 2 is 2.43 bits per heavy atom. The van der Waals surface area contributed by atoms with E-state index in [1.165, 1.54) is 12.4 Å². The molecule has 0 radical (unpaired) electrons. The Hall–Kier alpha value is -2.09. The average molecular weight is 191 g/mol. The van der Waals surface area contributed by atoms with Crippen LogP contribution >= 0.6 is 0 Å². The highest BCUT2D eigenvalue weighted by Crippen LogP contribution is 2.03. The number of aromatic nitrogens is 2. The molecular formula is C9H9N3O2. The molecule has 1 aromatic heterocycles. The molecule has 5 nitrogen and oxygen atoms in total. The summed E-state index contributed by atoms with van der Waals surface area (Å²) in [6.45, 7) is 0.562. The smallest absolute Gasteiger partial charge is 0.354 e. The molecule has 14 heavy (non-hydrogen) atoms. The van der Waals surface area contributed by atoms with Crippen LogP contribution in [0.4, 0.5) is 5.82 Å². The van der Waals surface area contributed by atoms with Crippen LogP contribution < -0.4 is 5.32 Å². The molecule has 0 saturated carbocycles. The Morgan fingerprint density at radius 1 is 1.64 bits per heavy atom. The predicted octanol–water partition coefficient (Wildman–Crippen LogP) is 0.610. The number of nitrogens with zero attached hydrogens (tertiary/aromatic N) is 2. The highest BCUT2D eigenvalue weighted by Gasteiger charge is 2.04. The third-order valence-corrected chi connectivity index (χ3v) is 1.46. The van der Waals surface area contributed by atoms with Crippen LogP contribution in [0.1, 0.15) is 16.9 Å². The Bertz CT molecular complexity index is 371. The van der Waals surface area contributed by atoms with E-state index in [1.54, 1.807) is 0 Å². The van der Waals surface area contributed by atoms with Gasteiger partial charge < -0.3 is 10.4 Å². The van der Waals surface area contributed by atoms with E-state index < -0.39 is 5.97 Å². The van der Waals surface area contributed by atoms with Gasteiger partial charge in [0.2, 0.25) is 0 Å². The quantitative estimate of drug-likeness (QED) is 0.538. The fourth-order valence-corrected chi connectivity index (χ4v) is 0.834. The van der Waals surface area contributed by atoms with E-state index in [0.717, 1.165) is 0 Å². The molecule has 1 rings (SSSR count). The summed E-state index contributed by atoms with van der Waals surface area (Å²) in [7, 11) is 0. The second kappa shape index (κ2) is 4.82.